The van der Waals surface area contributed by atoms with Crippen LogP contribution in [-0.2, 0) is 22.6 Å². The number of esters is 1. The normalized spacial score (nSPS) is 16.0. The number of carbonyl (C=O) groups excluding carboxylic acids is 1. The zero-order chi connectivity index (χ0) is 17.1. The summed E-state index contributed by atoms with van der Waals surface area (Å²) in [6.45, 7) is 0.323. The minimum absolute atomic E-state index is 0.000701. The summed E-state index contributed by atoms with van der Waals surface area (Å²) in [5.74, 6) is -0.0215. The number of nitro benzene ring substituents is 1. The van der Waals surface area contributed by atoms with Crippen LogP contribution in [-0.4, -0.2) is 17.5 Å². The number of nitro groups is 1. The molecule has 1 aliphatic rings. The van der Waals surface area contributed by atoms with Gasteiger partial charge < -0.3 is 9.47 Å². The number of fused-ring (bicyclic) bond motifs is 1. The summed E-state index contributed by atoms with van der Waals surface area (Å²) in [7, 11) is 0. The first-order chi connectivity index (χ1) is 11.5. The second kappa shape index (κ2) is 6.88. The standard InChI is InChI=1S/C17H14ClNO5/c18-14-3-6-16-12(8-14)7-13(10-23-16)17(20)24-9-11-1-4-15(5-2-11)19(21)22/h1-6,8,13H,7,9-10H2/t13-/m1/s1. The highest BCUT2D eigenvalue weighted by Crippen LogP contribution is 2.30. The molecule has 0 unspecified atom stereocenters. The summed E-state index contributed by atoms with van der Waals surface area (Å²) < 4.78 is 10.9. The monoisotopic (exact) mass is 347 g/mol. The number of benzene rings is 2. The Morgan fingerprint density at radius 3 is 2.75 bits per heavy atom. The second-order valence-corrected chi connectivity index (χ2v) is 5.93. The molecule has 0 amide bonds. The van der Waals surface area contributed by atoms with Gasteiger partial charge >= 0.3 is 5.97 Å². The van der Waals surface area contributed by atoms with E-state index in [0.29, 0.717) is 17.0 Å². The van der Waals surface area contributed by atoms with Gasteiger partial charge in [-0.2, -0.15) is 0 Å². The van der Waals surface area contributed by atoms with Gasteiger partial charge in [0.2, 0.25) is 0 Å². The van der Waals surface area contributed by atoms with Gasteiger partial charge in [0, 0.05) is 17.2 Å². The van der Waals surface area contributed by atoms with Crippen molar-refractivity contribution in [3.8, 4) is 5.75 Å². The molecule has 1 atom stereocenters. The van der Waals surface area contributed by atoms with Crippen LogP contribution in [0.15, 0.2) is 42.5 Å². The number of carbonyl (C=O) groups is 1. The van der Waals surface area contributed by atoms with Crippen molar-refractivity contribution >= 4 is 23.3 Å². The molecule has 0 bridgehead atoms. The number of non-ortho nitro benzene ring substituents is 1. The number of halogens is 1. The Hall–Kier alpha value is -2.60. The molecular formula is C17H14ClNO5. The van der Waals surface area contributed by atoms with Gasteiger partial charge in [-0.1, -0.05) is 11.6 Å². The van der Waals surface area contributed by atoms with Gasteiger partial charge in [-0.25, -0.2) is 0 Å². The van der Waals surface area contributed by atoms with E-state index in [1.807, 2.05) is 0 Å². The van der Waals surface area contributed by atoms with E-state index in [4.69, 9.17) is 21.1 Å². The van der Waals surface area contributed by atoms with Crippen molar-refractivity contribution in [2.45, 2.75) is 13.0 Å². The van der Waals surface area contributed by atoms with E-state index in [1.54, 1.807) is 30.3 Å². The SMILES string of the molecule is O=C(OCc1ccc([N+](=O)[O-])cc1)[C@H]1COc2ccc(Cl)cc2C1. The van der Waals surface area contributed by atoms with Gasteiger partial charge in [-0.05, 0) is 47.9 Å². The molecule has 3 rings (SSSR count). The molecule has 124 valence electrons. The van der Waals surface area contributed by atoms with Gasteiger partial charge in [-0.3, -0.25) is 14.9 Å². The van der Waals surface area contributed by atoms with Crippen LogP contribution in [0.3, 0.4) is 0 Å². The van der Waals surface area contributed by atoms with Crippen LogP contribution < -0.4 is 4.74 Å². The molecule has 1 aliphatic heterocycles. The van der Waals surface area contributed by atoms with E-state index in [1.165, 1.54) is 12.1 Å². The topological polar surface area (TPSA) is 78.7 Å². The van der Waals surface area contributed by atoms with Crippen LogP contribution in [0.2, 0.25) is 5.02 Å². The highest BCUT2D eigenvalue weighted by atomic mass is 35.5. The van der Waals surface area contributed by atoms with Crippen molar-refractivity contribution in [2.75, 3.05) is 6.61 Å². The summed E-state index contributed by atoms with van der Waals surface area (Å²) in [6, 6.07) is 11.2. The summed E-state index contributed by atoms with van der Waals surface area (Å²) in [5.41, 5.74) is 1.57. The first-order valence-corrected chi connectivity index (χ1v) is 7.72. The third kappa shape index (κ3) is 3.65. The number of nitrogens with zero attached hydrogens (tertiary/aromatic N) is 1. The molecule has 0 spiro atoms. The average molecular weight is 348 g/mol. The molecule has 6 nitrogen and oxygen atoms in total. The quantitative estimate of drug-likeness (QED) is 0.480. The van der Waals surface area contributed by atoms with Crippen molar-refractivity contribution < 1.29 is 19.2 Å². The minimum atomic E-state index is -0.474. The van der Waals surface area contributed by atoms with E-state index in [2.05, 4.69) is 0 Å². The summed E-state index contributed by atoms with van der Waals surface area (Å²) in [6.07, 6.45) is 0.509. The molecule has 0 fully saturated rings. The average Bonchev–Trinajstić information content (AvgIpc) is 2.59. The van der Waals surface area contributed by atoms with Crippen LogP contribution >= 0.6 is 11.6 Å². The molecule has 1 heterocycles. The molecule has 0 radical (unpaired) electrons. The fraction of sp³-hybridized carbons (Fsp3) is 0.235. The van der Waals surface area contributed by atoms with Crippen LogP contribution in [0.25, 0.3) is 0 Å². The van der Waals surface area contributed by atoms with Crippen molar-refractivity contribution in [2.24, 2.45) is 5.92 Å². The predicted octanol–water partition coefficient (Wildman–Crippen LogP) is 3.54. The molecule has 0 aromatic heterocycles. The first kappa shape index (κ1) is 16.3. The van der Waals surface area contributed by atoms with Gasteiger partial charge in [0.1, 0.15) is 19.0 Å². The molecule has 2 aromatic rings. The van der Waals surface area contributed by atoms with Crippen molar-refractivity contribution in [3.05, 3.63) is 68.7 Å². The Morgan fingerprint density at radius 1 is 1.29 bits per heavy atom. The van der Waals surface area contributed by atoms with Crippen LogP contribution in [0.1, 0.15) is 11.1 Å². The lowest BCUT2D eigenvalue weighted by atomic mass is 9.97. The van der Waals surface area contributed by atoms with Gasteiger partial charge in [0.05, 0.1) is 10.8 Å². The smallest absolute Gasteiger partial charge is 0.313 e. The van der Waals surface area contributed by atoms with E-state index >= 15 is 0 Å². The second-order valence-electron chi connectivity index (χ2n) is 5.50. The Labute approximate surface area is 143 Å². The maximum absolute atomic E-state index is 12.2. The fourth-order valence-corrected chi connectivity index (χ4v) is 2.70. The zero-order valence-corrected chi connectivity index (χ0v) is 13.4. The summed E-state index contributed by atoms with van der Waals surface area (Å²) in [5, 5.41) is 11.2. The molecule has 24 heavy (non-hydrogen) atoms. The van der Waals surface area contributed by atoms with E-state index in [9.17, 15) is 14.9 Å². The first-order valence-electron chi connectivity index (χ1n) is 7.34. The lowest BCUT2D eigenvalue weighted by molar-refractivity contribution is -0.384. The highest BCUT2D eigenvalue weighted by molar-refractivity contribution is 6.30. The van der Waals surface area contributed by atoms with Gasteiger partial charge in [0.15, 0.2) is 0 Å². The predicted molar refractivity (Wildman–Crippen MR) is 87.0 cm³/mol. The summed E-state index contributed by atoms with van der Waals surface area (Å²) >= 11 is 5.96. The maximum atomic E-state index is 12.2. The van der Waals surface area contributed by atoms with Gasteiger partial charge in [-0.15, -0.1) is 0 Å². The third-order valence-electron chi connectivity index (χ3n) is 3.79. The number of hydrogen-bond donors (Lipinski definition) is 0. The number of rotatable bonds is 4. The largest absolute Gasteiger partial charge is 0.492 e. The molecule has 0 aliphatic carbocycles. The Kier molecular flexibility index (Phi) is 4.66. The van der Waals surface area contributed by atoms with E-state index < -0.39 is 10.8 Å². The van der Waals surface area contributed by atoms with E-state index in [-0.39, 0.29) is 24.9 Å². The molecule has 0 saturated carbocycles. The van der Waals surface area contributed by atoms with Crippen molar-refractivity contribution in [3.63, 3.8) is 0 Å². The van der Waals surface area contributed by atoms with Gasteiger partial charge in [0.25, 0.3) is 5.69 Å². The zero-order valence-electron chi connectivity index (χ0n) is 12.6. The van der Waals surface area contributed by atoms with Crippen LogP contribution in [0.4, 0.5) is 5.69 Å². The molecule has 2 aromatic carbocycles. The molecule has 0 saturated heterocycles. The number of ether oxygens (including phenoxy) is 2. The minimum Gasteiger partial charge on any atom is -0.492 e. The Balaban J connectivity index is 1.58. The highest BCUT2D eigenvalue weighted by Gasteiger charge is 2.27. The molecule has 7 heteroatoms. The Bertz CT molecular complexity index is 775. The molecular weight excluding hydrogens is 334 g/mol. The lowest BCUT2D eigenvalue weighted by Crippen LogP contribution is -2.29. The number of hydrogen-bond acceptors (Lipinski definition) is 5. The van der Waals surface area contributed by atoms with Crippen LogP contribution in [0.5, 0.6) is 5.75 Å². The van der Waals surface area contributed by atoms with Crippen molar-refractivity contribution in [1.29, 1.82) is 0 Å². The van der Waals surface area contributed by atoms with Crippen molar-refractivity contribution in [1.82, 2.24) is 0 Å². The third-order valence-corrected chi connectivity index (χ3v) is 4.03. The summed E-state index contributed by atoms with van der Waals surface area (Å²) in [4.78, 5) is 22.3. The fourth-order valence-electron chi connectivity index (χ4n) is 2.50. The maximum Gasteiger partial charge on any atom is 0.313 e. The molecule has 0 N–H and O–H groups in total. The van der Waals surface area contributed by atoms with E-state index in [0.717, 1.165) is 11.3 Å². The Morgan fingerprint density at radius 2 is 2.04 bits per heavy atom. The lowest BCUT2D eigenvalue weighted by Gasteiger charge is -2.24. The van der Waals surface area contributed by atoms with Crippen LogP contribution in [0, 0.1) is 16.0 Å².